The molecule has 0 saturated carbocycles. The Balaban J connectivity index is 2.13. The predicted octanol–water partition coefficient (Wildman–Crippen LogP) is 2.82. The molecule has 3 nitrogen and oxygen atoms in total. The summed E-state index contributed by atoms with van der Waals surface area (Å²) in [4.78, 5) is 14.0. The molecule has 1 amide bonds. The van der Waals surface area contributed by atoms with Crippen molar-refractivity contribution in [1.29, 1.82) is 0 Å². The molecule has 0 aliphatic carbocycles. The number of nitrogens with zero attached hydrogens (tertiary/aromatic N) is 1. The van der Waals surface area contributed by atoms with Crippen LogP contribution in [0.4, 0.5) is 0 Å². The molecule has 0 N–H and O–H groups in total. The molecule has 18 heavy (non-hydrogen) atoms. The summed E-state index contributed by atoms with van der Waals surface area (Å²) in [5.41, 5.74) is 2.03. The fourth-order valence-electron chi connectivity index (χ4n) is 2.28. The first kappa shape index (κ1) is 13.2. The molecule has 1 aromatic carbocycles. The van der Waals surface area contributed by atoms with Gasteiger partial charge in [0.2, 0.25) is 5.91 Å². The number of likely N-dealkylation sites (tertiary alicyclic amines) is 1. The lowest BCUT2D eigenvalue weighted by atomic mass is 10.0. The van der Waals surface area contributed by atoms with Gasteiger partial charge in [-0.15, -0.1) is 0 Å². The summed E-state index contributed by atoms with van der Waals surface area (Å²) >= 11 is 6.09. The summed E-state index contributed by atoms with van der Waals surface area (Å²) < 4.78 is 5.16. The highest BCUT2D eigenvalue weighted by Gasteiger charge is 2.19. The second-order valence-corrected chi connectivity index (χ2v) is 5.09. The molecule has 0 radical (unpaired) electrons. The highest BCUT2D eigenvalue weighted by molar-refractivity contribution is 6.32. The molecule has 1 aromatic rings. The van der Waals surface area contributed by atoms with E-state index in [1.165, 1.54) is 0 Å². The molecule has 4 heteroatoms. The number of aryl methyl sites for hydroxylation is 1. The van der Waals surface area contributed by atoms with Crippen molar-refractivity contribution in [2.75, 3.05) is 20.2 Å². The maximum atomic E-state index is 12.1. The molecule has 0 aromatic heterocycles. The minimum absolute atomic E-state index is 0.192. The zero-order valence-corrected chi connectivity index (χ0v) is 11.6. The van der Waals surface area contributed by atoms with Crippen molar-refractivity contribution in [3.05, 3.63) is 28.3 Å². The maximum Gasteiger partial charge on any atom is 0.227 e. The van der Waals surface area contributed by atoms with E-state index in [4.69, 9.17) is 16.3 Å². The molecule has 1 saturated heterocycles. The van der Waals surface area contributed by atoms with Gasteiger partial charge in [0.05, 0.1) is 18.6 Å². The van der Waals surface area contributed by atoms with Crippen LogP contribution in [0.15, 0.2) is 12.1 Å². The van der Waals surface area contributed by atoms with Crippen molar-refractivity contribution in [3.63, 3.8) is 0 Å². The number of rotatable bonds is 3. The van der Waals surface area contributed by atoms with Gasteiger partial charge in [-0.1, -0.05) is 11.6 Å². The minimum Gasteiger partial charge on any atom is -0.495 e. The first-order chi connectivity index (χ1) is 8.61. The molecule has 0 atom stereocenters. The lowest BCUT2D eigenvalue weighted by Crippen LogP contribution is -2.29. The SMILES string of the molecule is COc1cc(C)c(CC(=O)N2CCCC2)cc1Cl. The van der Waals surface area contributed by atoms with E-state index in [1.54, 1.807) is 7.11 Å². The summed E-state index contributed by atoms with van der Waals surface area (Å²) in [6.07, 6.45) is 2.66. The smallest absolute Gasteiger partial charge is 0.227 e. The Labute approximate surface area is 113 Å². The molecule has 98 valence electrons. The second-order valence-electron chi connectivity index (χ2n) is 4.68. The highest BCUT2D eigenvalue weighted by Crippen LogP contribution is 2.28. The van der Waals surface area contributed by atoms with Gasteiger partial charge in [-0.05, 0) is 43.0 Å². The Morgan fingerprint density at radius 1 is 1.39 bits per heavy atom. The van der Waals surface area contributed by atoms with E-state index >= 15 is 0 Å². The fourth-order valence-corrected chi connectivity index (χ4v) is 2.55. The van der Waals surface area contributed by atoms with Crippen LogP contribution >= 0.6 is 11.6 Å². The van der Waals surface area contributed by atoms with Crippen LogP contribution in [0.3, 0.4) is 0 Å². The fraction of sp³-hybridized carbons (Fsp3) is 0.500. The molecule has 2 rings (SSSR count). The van der Waals surface area contributed by atoms with Crippen LogP contribution in [0.25, 0.3) is 0 Å². The van der Waals surface area contributed by atoms with Crippen molar-refractivity contribution in [2.45, 2.75) is 26.2 Å². The molecule has 0 bridgehead atoms. The van der Waals surface area contributed by atoms with Crippen molar-refractivity contribution in [1.82, 2.24) is 4.90 Å². The molecular weight excluding hydrogens is 250 g/mol. The maximum absolute atomic E-state index is 12.1. The van der Waals surface area contributed by atoms with E-state index in [2.05, 4.69) is 0 Å². The lowest BCUT2D eigenvalue weighted by Gasteiger charge is -2.16. The van der Waals surface area contributed by atoms with Crippen molar-refractivity contribution >= 4 is 17.5 Å². The monoisotopic (exact) mass is 267 g/mol. The van der Waals surface area contributed by atoms with E-state index in [0.717, 1.165) is 37.1 Å². The Morgan fingerprint density at radius 2 is 2.06 bits per heavy atom. The van der Waals surface area contributed by atoms with Crippen LogP contribution in [-0.2, 0) is 11.2 Å². The summed E-state index contributed by atoms with van der Waals surface area (Å²) in [5.74, 6) is 0.850. The number of ether oxygens (including phenoxy) is 1. The van der Waals surface area contributed by atoms with Crippen LogP contribution in [0.1, 0.15) is 24.0 Å². The van der Waals surface area contributed by atoms with Gasteiger partial charge in [0.15, 0.2) is 0 Å². The Bertz CT molecular complexity index is 453. The molecule has 1 fully saturated rings. The van der Waals surface area contributed by atoms with Gasteiger partial charge >= 0.3 is 0 Å². The van der Waals surface area contributed by atoms with Gasteiger partial charge < -0.3 is 9.64 Å². The van der Waals surface area contributed by atoms with E-state index in [9.17, 15) is 4.79 Å². The van der Waals surface area contributed by atoms with E-state index in [-0.39, 0.29) is 5.91 Å². The standard InChI is InChI=1S/C14H18ClNO2/c1-10-7-13(18-2)12(15)8-11(10)9-14(17)16-5-3-4-6-16/h7-8H,3-6,9H2,1-2H3. The van der Waals surface area contributed by atoms with Gasteiger partial charge in [-0.3, -0.25) is 4.79 Å². The van der Waals surface area contributed by atoms with E-state index in [1.807, 2.05) is 24.0 Å². The molecular formula is C14H18ClNO2. The van der Waals surface area contributed by atoms with Crippen molar-refractivity contribution in [3.8, 4) is 5.75 Å². The number of carbonyl (C=O) groups is 1. The summed E-state index contributed by atoms with van der Waals surface area (Å²) in [6, 6.07) is 3.72. The van der Waals surface area contributed by atoms with Gasteiger partial charge in [0.25, 0.3) is 0 Å². The van der Waals surface area contributed by atoms with Crippen LogP contribution in [0.2, 0.25) is 5.02 Å². The van der Waals surface area contributed by atoms with Crippen LogP contribution in [0.5, 0.6) is 5.75 Å². The normalized spacial score (nSPS) is 14.9. The number of carbonyl (C=O) groups excluding carboxylic acids is 1. The van der Waals surface area contributed by atoms with Crippen LogP contribution < -0.4 is 4.74 Å². The Kier molecular flexibility index (Phi) is 4.12. The quantitative estimate of drug-likeness (QED) is 0.843. The first-order valence-corrected chi connectivity index (χ1v) is 6.60. The average Bonchev–Trinajstić information content (AvgIpc) is 2.87. The van der Waals surface area contributed by atoms with Gasteiger partial charge in [-0.2, -0.15) is 0 Å². The lowest BCUT2D eigenvalue weighted by molar-refractivity contribution is -0.129. The third-order valence-corrected chi connectivity index (χ3v) is 3.71. The molecule has 1 aliphatic rings. The van der Waals surface area contributed by atoms with Crippen LogP contribution in [-0.4, -0.2) is 31.0 Å². The number of halogens is 1. The average molecular weight is 268 g/mol. The zero-order chi connectivity index (χ0) is 13.1. The molecule has 1 heterocycles. The van der Waals surface area contributed by atoms with Crippen LogP contribution in [0, 0.1) is 6.92 Å². The summed E-state index contributed by atoms with van der Waals surface area (Å²) in [7, 11) is 1.59. The van der Waals surface area contributed by atoms with Gasteiger partial charge in [0, 0.05) is 13.1 Å². The van der Waals surface area contributed by atoms with Crippen molar-refractivity contribution < 1.29 is 9.53 Å². The summed E-state index contributed by atoms with van der Waals surface area (Å²) in [6.45, 7) is 3.76. The number of amides is 1. The predicted molar refractivity (Wildman–Crippen MR) is 72.3 cm³/mol. The molecule has 0 spiro atoms. The third-order valence-electron chi connectivity index (χ3n) is 3.41. The second kappa shape index (κ2) is 5.61. The Hall–Kier alpha value is -1.22. The topological polar surface area (TPSA) is 29.5 Å². The first-order valence-electron chi connectivity index (χ1n) is 6.22. The number of hydrogen-bond acceptors (Lipinski definition) is 2. The van der Waals surface area contributed by atoms with Gasteiger partial charge in [0.1, 0.15) is 5.75 Å². The highest BCUT2D eigenvalue weighted by atomic mass is 35.5. The number of methoxy groups -OCH3 is 1. The third kappa shape index (κ3) is 2.78. The largest absolute Gasteiger partial charge is 0.495 e. The Morgan fingerprint density at radius 3 is 2.67 bits per heavy atom. The van der Waals surface area contributed by atoms with E-state index in [0.29, 0.717) is 17.2 Å². The molecule has 1 aliphatic heterocycles. The zero-order valence-electron chi connectivity index (χ0n) is 10.8. The number of benzene rings is 1. The van der Waals surface area contributed by atoms with Gasteiger partial charge in [-0.25, -0.2) is 0 Å². The number of hydrogen-bond donors (Lipinski definition) is 0. The van der Waals surface area contributed by atoms with E-state index < -0.39 is 0 Å². The van der Waals surface area contributed by atoms with Crippen molar-refractivity contribution in [2.24, 2.45) is 0 Å². The summed E-state index contributed by atoms with van der Waals surface area (Å²) in [5, 5.41) is 0.562. The molecule has 0 unspecified atom stereocenters. The minimum atomic E-state index is 0.192.